The average molecular weight is 268 g/mol. The molecular weight excluding hydrogens is 246 g/mol. The molecule has 0 amide bonds. The van der Waals surface area contributed by atoms with E-state index in [4.69, 9.17) is 11.6 Å². The number of piperidine rings is 1. The van der Waals surface area contributed by atoms with Crippen molar-refractivity contribution in [1.82, 2.24) is 4.90 Å². The van der Waals surface area contributed by atoms with Gasteiger partial charge in [-0.1, -0.05) is 37.1 Å². The molecule has 0 radical (unpaired) electrons. The third-order valence-corrected chi connectivity index (χ3v) is 4.13. The Kier molecular flexibility index (Phi) is 5.04. The molecule has 2 atom stereocenters. The van der Waals surface area contributed by atoms with Crippen molar-refractivity contribution in [3.05, 3.63) is 34.9 Å². The topological polar surface area (TPSA) is 23.5 Å². The molecule has 1 aliphatic rings. The molecule has 2 rings (SSSR count). The number of hydrogen-bond donors (Lipinski definition) is 1. The zero-order valence-corrected chi connectivity index (χ0v) is 11.7. The maximum absolute atomic E-state index is 10.3. The predicted octanol–water partition coefficient (Wildman–Crippen LogP) is 3.64. The van der Waals surface area contributed by atoms with Gasteiger partial charge >= 0.3 is 0 Å². The number of halogens is 1. The van der Waals surface area contributed by atoms with Crippen LogP contribution in [-0.2, 0) is 0 Å². The van der Waals surface area contributed by atoms with Crippen molar-refractivity contribution in [2.75, 3.05) is 13.1 Å². The lowest BCUT2D eigenvalue weighted by Crippen LogP contribution is -2.41. The third-order valence-electron chi connectivity index (χ3n) is 3.88. The van der Waals surface area contributed by atoms with Gasteiger partial charge < -0.3 is 5.11 Å². The molecule has 0 bridgehead atoms. The van der Waals surface area contributed by atoms with Crippen molar-refractivity contribution >= 4 is 11.6 Å². The van der Waals surface area contributed by atoms with Crippen LogP contribution in [0.4, 0.5) is 0 Å². The summed E-state index contributed by atoms with van der Waals surface area (Å²) in [6.07, 6.45) is 4.61. The maximum atomic E-state index is 10.3. The quantitative estimate of drug-likeness (QED) is 0.900. The zero-order valence-electron chi connectivity index (χ0n) is 11.0. The van der Waals surface area contributed by atoms with E-state index >= 15 is 0 Å². The van der Waals surface area contributed by atoms with Gasteiger partial charge in [-0.15, -0.1) is 0 Å². The third kappa shape index (κ3) is 3.47. The van der Waals surface area contributed by atoms with E-state index in [2.05, 4.69) is 11.8 Å². The summed E-state index contributed by atoms with van der Waals surface area (Å²) in [7, 11) is 0. The van der Waals surface area contributed by atoms with E-state index in [1.807, 2.05) is 24.3 Å². The Morgan fingerprint density at radius 2 is 2.06 bits per heavy atom. The van der Waals surface area contributed by atoms with Crippen LogP contribution < -0.4 is 0 Å². The minimum absolute atomic E-state index is 0.408. The Labute approximate surface area is 115 Å². The molecule has 18 heavy (non-hydrogen) atoms. The number of rotatable bonds is 4. The highest BCUT2D eigenvalue weighted by molar-refractivity contribution is 6.30. The first-order valence-corrected chi connectivity index (χ1v) is 7.26. The number of hydrogen-bond acceptors (Lipinski definition) is 2. The molecule has 2 unspecified atom stereocenters. The summed E-state index contributed by atoms with van der Waals surface area (Å²) >= 11 is 5.86. The van der Waals surface area contributed by atoms with Gasteiger partial charge in [-0.2, -0.15) is 0 Å². The Balaban J connectivity index is 1.97. The number of aliphatic hydroxyl groups excluding tert-OH is 1. The van der Waals surface area contributed by atoms with E-state index in [1.54, 1.807) is 0 Å². The monoisotopic (exact) mass is 267 g/mol. The Bertz CT molecular complexity index is 365. The smallest absolute Gasteiger partial charge is 0.0917 e. The zero-order chi connectivity index (χ0) is 13.0. The van der Waals surface area contributed by atoms with Gasteiger partial charge in [0, 0.05) is 17.6 Å². The molecule has 1 aliphatic heterocycles. The van der Waals surface area contributed by atoms with Crippen LogP contribution in [0, 0.1) is 0 Å². The van der Waals surface area contributed by atoms with Crippen LogP contribution in [0.3, 0.4) is 0 Å². The molecule has 1 heterocycles. The fraction of sp³-hybridized carbons (Fsp3) is 0.600. The lowest BCUT2D eigenvalue weighted by Gasteiger charge is -2.36. The summed E-state index contributed by atoms with van der Waals surface area (Å²) in [6.45, 7) is 4.08. The van der Waals surface area contributed by atoms with Gasteiger partial charge in [-0.3, -0.25) is 4.90 Å². The summed E-state index contributed by atoms with van der Waals surface area (Å²) in [5.41, 5.74) is 0.958. The van der Waals surface area contributed by atoms with E-state index in [1.165, 1.54) is 25.7 Å². The number of benzene rings is 1. The second-order valence-electron chi connectivity index (χ2n) is 5.12. The molecule has 0 aliphatic carbocycles. The number of β-amino-alcohol motifs (C(OH)–C–C–N with tert-alkyl or cyclic N) is 1. The summed E-state index contributed by atoms with van der Waals surface area (Å²) in [5, 5.41) is 11.0. The van der Waals surface area contributed by atoms with Crippen molar-refractivity contribution in [1.29, 1.82) is 0 Å². The molecule has 1 saturated heterocycles. The SMILES string of the molecule is CCC1CCCCN1CC(O)c1ccc(Cl)cc1. The summed E-state index contributed by atoms with van der Waals surface area (Å²) < 4.78 is 0. The highest BCUT2D eigenvalue weighted by Gasteiger charge is 2.23. The molecule has 0 aromatic heterocycles. The van der Waals surface area contributed by atoms with Crippen LogP contribution in [0.25, 0.3) is 0 Å². The van der Waals surface area contributed by atoms with Crippen molar-refractivity contribution in [3.8, 4) is 0 Å². The van der Waals surface area contributed by atoms with Gasteiger partial charge in [-0.05, 0) is 43.5 Å². The highest BCUT2D eigenvalue weighted by Crippen LogP contribution is 2.23. The Morgan fingerprint density at radius 1 is 1.33 bits per heavy atom. The fourth-order valence-corrected chi connectivity index (χ4v) is 2.90. The summed E-state index contributed by atoms with van der Waals surface area (Å²) in [4.78, 5) is 2.43. The predicted molar refractivity (Wildman–Crippen MR) is 75.9 cm³/mol. The van der Waals surface area contributed by atoms with Crippen LogP contribution in [0.2, 0.25) is 5.02 Å². The first kappa shape index (κ1) is 13.9. The van der Waals surface area contributed by atoms with Gasteiger partial charge in [0.2, 0.25) is 0 Å². The first-order chi connectivity index (χ1) is 8.70. The van der Waals surface area contributed by atoms with Crippen LogP contribution in [0.15, 0.2) is 24.3 Å². The van der Waals surface area contributed by atoms with Gasteiger partial charge in [-0.25, -0.2) is 0 Å². The molecule has 0 spiro atoms. The number of likely N-dealkylation sites (tertiary alicyclic amines) is 1. The summed E-state index contributed by atoms with van der Waals surface area (Å²) in [6, 6.07) is 8.15. The van der Waals surface area contributed by atoms with E-state index in [0.29, 0.717) is 6.04 Å². The van der Waals surface area contributed by atoms with Crippen molar-refractivity contribution in [2.24, 2.45) is 0 Å². The Morgan fingerprint density at radius 3 is 2.72 bits per heavy atom. The van der Waals surface area contributed by atoms with Gasteiger partial charge in [0.15, 0.2) is 0 Å². The second kappa shape index (κ2) is 6.55. The largest absolute Gasteiger partial charge is 0.387 e. The normalized spacial score (nSPS) is 22.9. The molecular formula is C15H22ClNO. The van der Waals surface area contributed by atoms with Crippen molar-refractivity contribution < 1.29 is 5.11 Å². The molecule has 1 N–H and O–H groups in total. The fourth-order valence-electron chi connectivity index (χ4n) is 2.78. The molecule has 1 fully saturated rings. The number of aliphatic hydroxyl groups is 1. The first-order valence-electron chi connectivity index (χ1n) is 6.88. The van der Waals surface area contributed by atoms with E-state index in [-0.39, 0.29) is 0 Å². The van der Waals surface area contributed by atoms with Crippen molar-refractivity contribution in [3.63, 3.8) is 0 Å². The lowest BCUT2D eigenvalue weighted by atomic mass is 9.98. The van der Waals surface area contributed by atoms with Crippen LogP contribution >= 0.6 is 11.6 Å². The molecule has 2 nitrogen and oxygen atoms in total. The van der Waals surface area contributed by atoms with E-state index in [9.17, 15) is 5.11 Å². The molecule has 1 aromatic rings. The van der Waals surface area contributed by atoms with Crippen LogP contribution in [0.5, 0.6) is 0 Å². The van der Waals surface area contributed by atoms with Gasteiger partial charge in [0.1, 0.15) is 0 Å². The van der Waals surface area contributed by atoms with E-state index < -0.39 is 6.10 Å². The van der Waals surface area contributed by atoms with Gasteiger partial charge in [0.25, 0.3) is 0 Å². The highest BCUT2D eigenvalue weighted by atomic mass is 35.5. The second-order valence-corrected chi connectivity index (χ2v) is 5.56. The minimum atomic E-state index is -0.408. The minimum Gasteiger partial charge on any atom is -0.387 e. The van der Waals surface area contributed by atoms with Crippen LogP contribution in [-0.4, -0.2) is 29.1 Å². The summed E-state index contributed by atoms with van der Waals surface area (Å²) in [5.74, 6) is 0. The maximum Gasteiger partial charge on any atom is 0.0917 e. The Hall–Kier alpha value is -0.570. The molecule has 1 aromatic carbocycles. The molecule has 3 heteroatoms. The molecule has 0 saturated carbocycles. The average Bonchev–Trinajstić information content (AvgIpc) is 2.40. The van der Waals surface area contributed by atoms with Crippen molar-refractivity contribution in [2.45, 2.75) is 44.8 Å². The standard InChI is InChI=1S/C15H22ClNO/c1-2-14-5-3-4-10-17(14)11-15(18)12-6-8-13(16)9-7-12/h6-9,14-15,18H,2-5,10-11H2,1H3. The van der Waals surface area contributed by atoms with E-state index in [0.717, 1.165) is 23.7 Å². The van der Waals surface area contributed by atoms with Crippen LogP contribution in [0.1, 0.15) is 44.3 Å². The van der Waals surface area contributed by atoms with Gasteiger partial charge in [0.05, 0.1) is 6.10 Å². The lowest BCUT2D eigenvalue weighted by molar-refractivity contribution is 0.0656. The molecule has 100 valence electrons. The number of nitrogens with zero attached hydrogens (tertiary/aromatic N) is 1.